The summed E-state index contributed by atoms with van der Waals surface area (Å²) in [6, 6.07) is 6.74. The molecule has 1 heterocycles. The normalized spacial score (nSPS) is 9.95. The van der Waals surface area contributed by atoms with E-state index in [1.165, 1.54) is 11.3 Å². The lowest BCUT2D eigenvalue weighted by Gasteiger charge is -2.06. The second-order valence-electron chi connectivity index (χ2n) is 4.03. The first-order valence-electron chi connectivity index (χ1n) is 6.39. The van der Waals surface area contributed by atoms with Crippen molar-refractivity contribution in [3.05, 3.63) is 41.4 Å². The summed E-state index contributed by atoms with van der Waals surface area (Å²) in [5, 5.41) is 7.40. The molecule has 0 aliphatic heterocycles. The third-order valence-electron chi connectivity index (χ3n) is 2.52. The summed E-state index contributed by atoms with van der Waals surface area (Å²) in [6.45, 7) is 2.36. The van der Waals surface area contributed by atoms with Gasteiger partial charge in [-0.3, -0.25) is 9.59 Å². The molecule has 0 aliphatic carbocycles. The molecule has 2 amide bonds. The summed E-state index contributed by atoms with van der Waals surface area (Å²) < 4.78 is 5.30. The molecule has 2 rings (SSSR count). The minimum atomic E-state index is -0.316. The molecule has 0 aliphatic rings. The summed E-state index contributed by atoms with van der Waals surface area (Å²) >= 11 is 1.32. The lowest BCUT2D eigenvalue weighted by Crippen LogP contribution is -2.32. The van der Waals surface area contributed by atoms with Crippen molar-refractivity contribution in [1.82, 2.24) is 10.3 Å². The molecule has 110 valence electrons. The predicted molar refractivity (Wildman–Crippen MR) is 80.7 cm³/mol. The molecule has 0 bridgehead atoms. The van der Waals surface area contributed by atoms with Gasteiger partial charge in [-0.15, -0.1) is 11.3 Å². The van der Waals surface area contributed by atoms with Crippen LogP contribution < -0.4 is 15.4 Å². The van der Waals surface area contributed by atoms with Crippen LogP contribution in [0.2, 0.25) is 0 Å². The third-order valence-corrected chi connectivity index (χ3v) is 3.20. The Morgan fingerprint density at radius 1 is 1.29 bits per heavy atom. The number of aromatic nitrogens is 1. The van der Waals surface area contributed by atoms with Crippen molar-refractivity contribution < 1.29 is 14.3 Å². The molecule has 0 saturated carbocycles. The predicted octanol–water partition coefficient (Wildman–Crippen LogP) is 1.91. The fourth-order valence-electron chi connectivity index (χ4n) is 1.58. The summed E-state index contributed by atoms with van der Waals surface area (Å²) in [7, 11) is 0. The number of anilines is 1. The molecule has 1 aromatic heterocycles. The standard InChI is InChI=1S/C14H15N3O3S/c1-2-20-11-5-3-10(4-6-11)13(19)16-9-12(18)17-14-15-7-8-21-14/h3-8H,2,9H2,1H3,(H,16,19)(H,15,17,18). The van der Waals surface area contributed by atoms with Crippen molar-refractivity contribution in [2.75, 3.05) is 18.5 Å². The van der Waals surface area contributed by atoms with E-state index in [2.05, 4.69) is 15.6 Å². The van der Waals surface area contributed by atoms with Gasteiger partial charge in [0.1, 0.15) is 5.75 Å². The Morgan fingerprint density at radius 2 is 2.05 bits per heavy atom. The van der Waals surface area contributed by atoms with E-state index >= 15 is 0 Å². The van der Waals surface area contributed by atoms with Crippen LogP contribution in [0.15, 0.2) is 35.8 Å². The van der Waals surface area contributed by atoms with Gasteiger partial charge in [-0.2, -0.15) is 0 Å². The molecule has 6 nitrogen and oxygen atoms in total. The van der Waals surface area contributed by atoms with E-state index in [4.69, 9.17) is 4.74 Å². The summed E-state index contributed by atoms with van der Waals surface area (Å²) in [5.41, 5.74) is 0.473. The van der Waals surface area contributed by atoms with Crippen LogP contribution in [-0.2, 0) is 4.79 Å². The smallest absolute Gasteiger partial charge is 0.251 e. The molecule has 2 N–H and O–H groups in total. The number of nitrogens with one attached hydrogen (secondary N) is 2. The SMILES string of the molecule is CCOc1ccc(C(=O)NCC(=O)Nc2nccs2)cc1. The summed E-state index contributed by atoms with van der Waals surface area (Å²) in [5.74, 6) is 0.0761. The van der Waals surface area contributed by atoms with Crippen molar-refractivity contribution >= 4 is 28.3 Å². The molecule has 1 aromatic carbocycles. The number of carbonyl (C=O) groups excluding carboxylic acids is 2. The van der Waals surface area contributed by atoms with Crippen LogP contribution in [0.5, 0.6) is 5.75 Å². The number of ether oxygens (including phenoxy) is 1. The van der Waals surface area contributed by atoms with Gasteiger partial charge in [0.05, 0.1) is 13.2 Å². The molecule has 0 unspecified atom stereocenters. The van der Waals surface area contributed by atoms with Gasteiger partial charge in [-0.25, -0.2) is 4.98 Å². The minimum Gasteiger partial charge on any atom is -0.494 e. The Labute approximate surface area is 126 Å². The Balaban J connectivity index is 1.82. The number of rotatable bonds is 6. The van der Waals surface area contributed by atoms with Crippen LogP contribution in [0.25, 0.3) is 0 Å². The number of carbonyl (C=O) groups is 2. The maximum atomic E-state index is 11.9. The zero-order valence-electron chi connectivity index (χ0n) is 11.5. The largest absolute Gasteiger partial charge is 0.494 e. The number of benzene rings is 1. The van der Waals surface area contributed by atoms with Crippen molar-refractivity contribution in [3.63, 3.8) is 0 Å². The van der Waals surface area contributed by atoms with Crippen LogP contribution in [0.1, 0.15) is 17.3 Å². The zero-order valence-corrected chi connectivity index (χ0v) is 12.3. The lowest BCUT2D eigenvalue weighted by molar-refractivity contribution is -0.115. The number of hydrogen-bond acceptors (Lipinski definition) is 5. The van der Waals surface area contributed by atoms with Gasteiger partial charge in [0.15, 0.2) is 5.13 Å². The van der Waals surface area contributed by atoms with E-state index < -0.39 is 0 Å². The Kier molecular flexibility index (Phi) is 5.28. The van der Waals surface area contributed by atoms with E-state index in [1.54, 1.807) is 35.8 Å². The van der Waals surface area contributed by atoms with Gasteiger partial charge in [0.25, 0.3) is 5.91 Å². The molecule has 21 heavy (non-hydrogen) atoms. The molecular weight excluding hydrogens is 290 g/mol. The highest BCUT2D eigenvalue weighted by Crippen LogP contribution is 2.12. The number of hydrogen-bond donors (Lipinski definition) is 2. The van der Waals surface area contributed by atoms with Gasteiger partial charge >= 0.3 is 0 Å². The fraction of sp³-hybridized carbons (Fsp3) is 0.214. The summed E-state index contributed by atoms with van der Waals surface area (Å²) in [4.78, 5) is 27.4. The highest BCUT2D eigenvalue weighted by Gasteiger charge is 2.09. The first kappa shape index (κ1) is 15.0. The van der Waals surface area contributed by atoms with Crippen LogP contribution in [0, 0.1) is 0 Å². The van der Waals surface area contributed by atoms with Gasteiger partial charge < -0.3 is 15.4 Å². The van der Waals surface area contributed by atoms with Crippen LogP contribution in [-0.4, -0.2) is 29.9 Å². The third kappa shape index (κ3) is 4.57. The Hall–Kier alpha value is -2.41. The van der Waals surface area contributed by atoms with Crippen LogP contribution in [0.4, 0.5) is 5.13 Å². The average molecular weight is 305 g/mol. The molecule has 0 spiro atoms. The van der Waals surface area contributed by atoms with Crippen molar-refractivity contribution in [3.8, 4) is 5.75 Å². The van der Waals surface area contributed by atoms with Gasteiger partial charge in [0.2, 0.25) is 5.91 Å². The summed E-state index contributed by atoms with van der Waals surface area (Å²) in [6.07, 6.45) is 1.60. The second kappa shape index (κ2) is 7.39. The van der Waals surface area contributed by atoms with Crippen LogP contribution in [0.3, 0.4) is 0 Å². The first-order valence-corrected chi connectivity index (χ1v) is 7.27. The number of thiazole rings is 1. The molecule has 0 atom stereocenters. The van der Waals surface area contributed by atoms with E-state index in [9.17, 15) is 9.59 Å². The van der Waals surface area contributed by atoms with E-state index in [0.717, 1.165) is 0 Å². The lowest BCUT2D eigenvalue weighted by atomic mass is 10.2. The average Bonchev–Trinajstić information content (AvgIpc) is 2.99. The van der Waals surface area contributed by atoms with Gasteiger partial charge in [0, 0.05) is 17.1 Å². The molecule has 2 aromatic rings. The van der Waals surface area contributed by atoms with Crippen molar-refractivity contribution in [1.29, 1.82) is 0 Å². The monoisotopic (exact) mass is 305 g/mol. The zero-order chi connectivity index (χ0) is 15.1. The first-order chi connectivity index (χ1) is 10.2. The minimum absolute atomic E-state index is 0.106. The van der Waals surface area contributed by atoms with E-state index in [-0.39, 0.29) is 18.4 Å². The van der Waals surface area contributed by atoms with Crippen molar-refractivity contribution in [2.45, 2.75) is 6.92 Å². The van der Waals surface area contributed by atoms with E-state index in [1.807, 2.05) is 6.92 Å². The maximum Gasteiger partial charge on any atom is 0.251 e. The molecule has 0 radical (unpaired) electrons. The van der Waals surface area contributed by atoms with E-state index in [0.29, 0.717) is 23.1 Å². The Morgan fingerprint density at radius 3 is 2.67 bits per heavy atom. The molecular formula is C14H15N3O3S. The topological polar surface area (TPSA) is 80.3 Å². The highest BCUT2D eigenvalue weighted by molar-refractivity contribution is 7.13. The molecule has 0 fully saturated rings. The molecule has 7 heteroatoms. The Bertz CT molecular complexity index is 596. The van der Waals surface area contributed by atoms with Gasteiger partial charge in [-0.1, -0.05) is 0 Å². The maximum absolute atomic E-state index is 11.9. The quantitative estimate of drug-likeness (QED) is 0.854. The van der Waals surface area contributed by atoms with Crippen molar-refractivity contribution in [2.24, 2.45) is 0 Å². The fourth-order valence-corrected chi connectivity index (χ4v) is 2.13. The van der Waals surface area contributed by atoms with Gasteiger partial charge in [-0.05, 0) is 31.2 Å². The van der Waals surface area contributed by atoms with Crippen LogP contribution >= 0.6 is 11.3 Å². The second-order valence-corrected chi connectivity index (χ2v) is 4.92. The molecule has 0 saturated heterocycles. The highest BCUT2D eigenvalue weighted by atomic mass is 32.1. The number of amides is 2. The number of nitrogens with zero attached hydrogens (tertiary/aromatic N) is 1.